The fraction of sp³-hybridized carbons (Fsp3) is 0.316. The van der Waals surface area contributed by atoms with Crippen molar-refractivity contribution in [2.45, 2.75) is 32.5 Å². The lowest BCUT2D eigenvalue weighted by Crippen LogP contribution is -2.32. The number of rotatable bonds is 3. The van der Waals surface area contributed by atoms with Crippen LogP contribution in [0.25, 0.3) is 16.9 Å². The lowest BCUT2D eigenvalue weighted by Gasteiger charge is -2.34. The molecule has 1 aliphatic rings. The first kappa shape index (κ1) is 16.8. The molecule has 1 aliphatic heterocycles. The number of aromatic nitrogens is 7. The number of hydrogen-bond acceptors (Lipinski definition) is 7. The Morgan fingerprint density at radius 1 is 1.14 bits per heavy atom. The number of aryl methyl sites for hydroxylation is 1. The van der Waals surface area contributed by atoms with Gasteiger partial charge in [-0.25, -0.2) is 9.97 Å². The van der Waals surface area contributed by atoms with Crippen LogP contribution in [-0.2, 0) is 17.4 Å². The van der Waals surface area contributed by atoms with Gasteiger partial charge in [0, 0.05) is 24.9 Å². The molecule has 4 aromatic heterocycles. The standard InChI is InChI=1S/C19H20N8O/c1-11-17-25-24-16-10-12(9-14(27(16)17)19(2,3)28-11)13-5-7-20-18(22-13)23-15-6-8-21-26(15)4/h5-11H,1-4H3,(H,20,22,23). The molecule has 142 valence electrons. The second kappa shape index (κ2) is 5.83. The normalized spacial score (nSPS) is 17.8. The van der Waals surface area contributed by atoms with Crippen LogP contribution in [0.3, 0.4) is 0 Å². The van der Waals surface area contributed by atoms with Crippen LogP contribution >= 0.6 is 0 Å². The maximum Gasteiger partial charge on any atom is 0.228 e. The van der Waals surface area contributed by atoms with E-state index in [2.05, 4.69) is 54.9 Å². The molecule has 0 radical (unpaired) electrons. The van der Waals surface area contributed by atoms with E-state index in [0.717, 1.165) is 34.2 Å². The van der Waals surface area contributed by atoms with Gasteiger partial charge in [-0.05, 0) is 39.0 Å². The number of nitrogens with zero attached hydrogens (tertiary/aromatic N) is 7. The molecule has 5 heterocycles. The van der Waals surface area contributed by atoms with Gasteiger partial charge in [0.1, 0.15) is 17.5 Å². The number of anilines is 2. The van der Waals surface area contributed by atoms with Gasteiger partial charge in [-0.15, -0.1) is 10.2 Å². The quantitative estimate of drug-likeness (QED) is 0.587. The highest BCUT2D eigenvalue weighted by molar-refractivity contribution is 5.67. The third-order valence-electron chi connectivity index (χ3n) is 4.99. The van der Waals surface area contributed by atoms with Crippen molar-refractivity contribution < 1.29 is 4.74 Å². The minimum absolute atomic E-state index is 0.114. The van der Waals surface area contributed by atoms with Gasteiger partial charge in [-0.3, -0.25) is 9.08 Å². The maximum absolute atomic E-state index is 6.17. The smallest absolute Gasteiger partial charge is 0.228 e. The first-order valence-electron chi connectivity index (χ1n) is 9.08. The fourth-order valence-corrected chi connectivity index (χ4v) is 3.64. The summed E-state index contributed by atoms with van der Waals surface area (Å²) in [5.41, 5.74) is 3.04. The molecule has 1 N–H and O–H groups in total. The highest BCUT2D eigenvalue weighted by atomic mass is 16.5. The van der Waals surface area contributed by atoms with Crippen LogP contribution in [0, 0.1) is 0 Å². The summed E-state index contributed by atoms with van der Waals surface area (Å²) in [5.74, 6) is 2.13. The van der Waals surface area contributed by atoms with E-state index in [1.165, 1.54) is 0 Å². The van der Waals surface area contributed by atoms with Crippen molar-refractivity contribution in [1.29, 1.82) is 0 Å². The molecule has 9 heteroatoms. The molecule has 5 rings (SSSR count). The number of pyridine rings is 1. The molecule has 9 nitrogen and oxygen atoms in total. The van der Waals surface area contributed by atoms with Crippen LogP contribution in [0.1, 0.15) is 38.4 Å². The lowest BCUT2D eigenvalue weighted by molar-refractivity contribution is -0.0887. The van der Waals surface area contributed by atoms with E-state index in [1.807, 2.05) is 32.2 Å². The Kier molecular flexibility index (Phi) is 3.50. The molecular weight excluding hydrogens is 356 g/mol. The summed E-state index contributed by atoms with van der Waals surface area (Å²) in [6.45, 7) is 6.11. The minimum atomic E-state index is -0.466. The zero-order valence-corrected chi connectivity index (χ0v) is 16.1. The molecule has 0 saturated carbocycles. The summed E-state index contributed by atoms with van der Waals surface area (Å²) in [6, 6.07) is 7.82. The molecule has 0 bridgehead atoms. The zero-order valence-electron chi connectivity index (χ0n) is 16.1. The van der Waals surface area contributed by atoms with E-state index >= 15 is 0 Å². The van der Waals surface area contributed by atoms with Gasteiger partial charge < -0.3 is 10.1 Å². The van der Waals surface area contributed by atoms with E-state index in [1.54, 1.807) is 17.1 Å². The molecule has 0 amide bonds. The molecule has 4 aromatic rings. The summed E-state index contributed by atoms with van der Waals surface area (Å²) in [4.78, 5) is 8.99. The highest BCUT2D eigenvalue weighted by Gasteiger charge is 2.35. The van der Waals surface area contributed by atoms with Gasteiger partial charge in [0.05, 0.1) is 17.6 Å². The van der Waals surface area contributed by atoms with Crippen molar-refractivity contribution in [1.82, 2.24) is 34.3 Å². The second-order valence-electron chi connectivity index (χ2n) is 7.38. The van der Waals surface area contributed by atoms with Gasteiger partial charge in [-0.2, -0.15) is 5.10 Å². The maximum atomic E-state index is 6.17. The van der Waals surface area contributed by atoms with Crippen molar-refractivity contribution in [3.05, 3.63) is 48.2 Å². The van der Waals surface area contributed by atoms with E-state index in [4.69, 9.17) is 4.74 Å². The Bertz CT molecular complexity index is 1190. The van der Waals surface area contributed by atoms with Gasteiger partial charge in [0.25, 0.3) is 0 Å². The summed E-state index contributed by atoms with van der Waals surface area (Å²) in [5, 5.41) is 16.0. The summed E-state index contributed by atoms with van der Waals surface area (Å²) in [6.07, 6.45) is 3.34. The van der Waals surface area contributed by atoms with E-state index in [9.17, 15) is 0 Å². The third kappa shape index (κ3) is 2.55. The van der Waals surface area contributed by atoms with Gasteiger partial charge in [0.2, 0.25) is 5.95 Å². The number of nitrogens with one attached hydrogen (secondary N) is 1. The largest absolute Gasteiger partial charge is 0.358 e. The third-order valence-corrected chi connectivity index (χ3v) is 4.99. The first-order chi connectivity index (χ1) is 13.4. The SMILES string of the molecule is CC1OC(C)(C)c2cc(-c3ccnc(Nc4ccnn4C)n3)cc3nnc1n23. The van der Waals surface area contributed by atoms with Crippen LogP contribution in [0.5, 0.6) is 0 Å². The van der Waals surface area contributed by atoms with Gasteiger partial charge in [-0.1, -0.05) is 0 Å². The van der Waals surface area contributed by atoms with Crippen LogP contribution in [0.4, 0.5) is 11.8 Å². The predicted molar refractivity (Wildman–Crippen MR) is 103 cm³/mol. The average molecular weight is 376 g/mol. The van der Waals surface area contributed by atoms with E-state index in [0.29, 0.717) is 5.95 Å². The number of ether oxygens (including phenoxy) is 1. The van der Waals surface area contributed by atoms with Crippen LogP contribution in [0.2, 0.25) is 0 Å². The summed E-state index contributed by atoms with van der Waals surface area (Å²) in [7, 11) is 1.86. The predicted octanol–water partition coefficient (Wildman–Crippen LogP) is 2.99. The summed E-state index contributed by atoms with van der Waals surface area (Å²) < 4.78 is 9.97. The molecule has 0 saturated heterocycles. The van der Waals surface area contributed by atoms with E-state index in [-0.39, 0.29) is 6.10 Å². The van der Waals surface area contributed by atoms with Crippen molar-refractivity contribution >= 4 is 17.4 Å². The van der Waals surface area contributed by atoms with Crippen molar-refractivity contribution in [3.8, 4) is 11.3 Å². The Morgan fingerprint density at radius 3 is 2.79 bits per heavy atom. The average Bonchev–Trinajstić information content (AvgIpc) is 3.26. The Labute approximate surface area is 161 Å². The highest BCUT2D eigenvalue weighted by Crippen LogP contribution is 2.38. The zero-order chi connectivity index (χ0) is 19.5. The molecule has 1 atom stereocenters. The van der Waals surface area contributed by atoms with Crippen LogP contribution in [-0.4, -0.2) is 34.3 Å². The van der Waals surface area contributed by atoms with Crippen LogP contribution in [0.15, 0.2) is 36.7 Å². The Morgan fingerprint density at radius 2 is 2.00 bits per heavy atom. The molecule has 28 heavy (non-hydrogen) atoms. The molecule has 0 aliphatic carbocycles. The number of hydrogen-bond donors (Lipinski definition) is 1. The molecule has 0 aromatic carbocycles. The molecule has 1 unspecified atom stereocenters. The second-order valence-corrected chi connectivity index (χ2v) is 7.38. The Balaban J connectivity index is 1.61. The van der Waals surface area contributed by atoms with Crippen molar-refractivity contribution in [2.75, 3.05) is 5.32 Å². The molecule has 0 fully saturated rings. The van der Waals surface area contributed by atoms with Gasteiger partial charge >= 0.3 is 0 Å². The molecular formula is C19H20N8O. The minimum Gasteiger partial charge on any atom is -0.358 e. The van der Waals surface area contributed by atoms with Gasteiger partial charge in [0.15, 0.2) is 11.5 Å². The first-order valence-corrected chi connectivity index (χ1v) is 9.08. The van der Waals surface area contributed by atoms with E-state index < -0.39 is 5.60 Å². The topological polar surface area (TPSA) is 95.0 Å². The van der Waals surface area contributed by atoms with Crippen LogP contribution < -0.4 is 5.32 Å². The summed E-state index contributed by atoms with van der Waals surface area (Å²) >= 11 is 0. The molecule has 0 spiro atoms. The monoisotopic (exact) mass is 376 g/mol. The van der Waals surface area contributed by atoms with Crippen molar-refractivity contribution in [2.24, 2.45) is 7.05 Å². The Hall–Kier alpha value is -3.33. The lowest BCUT2D eigenvalue weighted by atomic mass is 9.98. The van der Waals surface area contributed by atoms with Crippen molar-refractivity contribution in [3.63, 3.8) is 0 Å². The fourth-order valence-electron chi connectivity index (χ4n) is 3.64.